The number of halogens is 4. The van der Waals surface area contributed by atoms with Gasteiger partial charge in [0.1, 0.15) is 5.82 Å². The van der Waals surface area contributed by atoms with Crippen molar-refractivity contribution in [3.05, 3.63) is 22.3 Å². The minimum absolute atomic E-state index is 0.0625. The van der Waals surface area contributed by atoms with Crippen molar-refractivity contribution in [1.29, 1.82) is 0 Å². The molecule has 7 heteroatoms. The van der Waals surface area contributed by atoms with Crippen molar-refractivity contribution in [3.8, 4) is 0 Å². The topological polar surface area (TPSA) is 24.9 Å². The van der Waals surface area contributed by atoms with Crippen LogP contribution in [0.1, 0.15) is 31.2 Å². The molecule has 1 heterocycles. The molecule has 1 aromatic heterocycles. The first-order valence-electron chi connectivity index (χ1n) is 6.42. The molecule has 0 saturated heterocycles. The minimum Gasteiger partial charge on any atom is -0.367 e. The van der Waals surface area contributed by atoms with Crippen LogP contribution in [-0.4, -0.2) is 22.5 Å². The second kappa shape index (κ2) is 6.56. The van der Waals surface area contributed by atoms with Crippen molar-refractivity contribution in [2.24, 2.45) is 0 Å². The van der Waals surface area contributed by atoms with E-state index in [1.54, 1.807) is 11.8 Å². The number of hydrogen-bond donors (Lipinski definition) is 1. The summed E-state index contributed by atoms with van der Waals surface area (Å²) < 4.78 is 39.4. The number of rotatable bonds is 3. The van der Waals surface area contributed by atoms with Gasteiger partial charge in [0.25, 0.3) is 0 Å². The Hall–Kier alpha value is -0.430. The smallest absolute Gasteiger partial charge is 0.367 e. The van der Waals surface area contributed by atoms with Crippen LogP contribution >= 0.6 is 27.7 Å². The molecule has 20 heavy (non-hydrogen) atoms. The predicted molar refractivity (Wildman–Crippen MR) is 80.1 cm³/mol. The largest absolute Gasteiger partial charge is 0.419 e. The first-order valence-corrected chi connectivity index (χ1v) is 8.50. The second-order valence-electron chi connectivity index (χ2n) is 4.91. The summed E-state index contributed by atoms with van der Waals surface area (Å²) in [6.07, 6.45) is 3.01. The van der Waals surface area contributed by atoms with Gasteiger partial charge in [-0.2, -0.15) is 24.9 Å². The highest BCUT2D eigenvalue weighted by Gasteiger charge is 2.35. The molecule has 0 aliphatic heterocycles. The van der Waals surface area contributed by atoms with E-state index in [-0.39, 0.29) is 11.9 Å². The van der Waals surface area contributed by atoms with Crippen molar-refractivity contribution >= 4 is 33.5 Å². The van der Waals surface area contributed by atoms with Crippen LogP contribution in [0.3, 0.4) is 0 Å². The highest BCUT2D eigenvalue weighted by molar-refractivity contribution is 9.10. The molecule has 1 aliphatic carbocycles. The minimum atomic E-state index is -4.40. The summed E-state index contributed by atoms with van der Waals surface area (Å²) in [5.41, 5.74) is -0.710. The highest BCUT2D eigenvalue weighted by atomic mass is 79.9. The van der Waals surface area contributed by atoms with Gasteiger partial charge >= 0.3 is 6.18 Å². The molecule has 1 N–H and O–H groups in total. The van der Waals surface area contributed by atoms with Gasteiger partial charge < -0.3 is 5.32 Å². The van der Waals surface area contributed by atoms with E-state index >= 15 is 0 Å². The Kier molecular flexibility index (Phi) is 5.23. The predicted octanol–water partition coefficient (Wildman–Crippen LogP) is 4.95. The van der Waals surface area contributed by atoms with E-state index in [1.165, 1.54) is 6.20 Å². The van der Waals surface area contributed by atoms with Crippen LogP contribution in [0, 0.1) is 0 Å². The van der Waals surface area contributed by atoms with E-state index in [4.69, 9.17) is 0 Å². The van der Waals surface area contributed by atoms with Crippen LogP contribution in [0.4, 0.5) is 19.0 Å². The molecule has 2 nitrogen and oxygen atoms in total. The maximum Gasteiger partial charge on any atom is 0.419 e. The van der Waals surface area contributed by atoms with Crippen molar-refractivity contribution in [1.82, 2.24) is 4.98 Å². The van der Waals surface area contributed by atoms with Crippen LogP contribution in [-0.2, 0) is 6.18 Å². The number of anilines is 1. The maximum absolute atomic E-state index is 13.0. The third-order valence-corrected chi connectivity index (χ3v) is 4.99. The third-order valence-electron chi connectivity index (χ3n) is 3.46. The Labute approximate surface area is 129 Å². The summed E-state index contributed by atoms with van der Waals surface area (Å²) in [6.45, 7) is 0. The quantitative estimate of drug-likeness (QED) is 0.816. The van der Waals surface area contributed by atoms with Crippen LogP contribution in [0.2, 0.25) is 0 Å². The Morgan fingerprint density at radius 1 is 1.40 bits per heavy atom. The summed E-state index contributed by atoms with van der Waals surface area (Å²) in [7, 11) is 0. The van der Waals surface area contributed by atoms with Crippen molar-refractivity contribution < 1.29 is 13.2 Å². The molecule has 0 aromatic carbocycles. The van der Waals surface area contributed by atoms with E-state index in [9.17, 15) is 13.2 Å². The number of nitrogens with one attached hydrogen (secondary N) is 1. The van der Waals surface area contributed by atoms with Crippen LogP contribution < -0.4 is 5.32 Å². The first kappa shape index (κ1) is 15.9. The molecule has 1 saturated carbocycles. The molecular weight excluding hydrogens is 353 g/mol. The Balaban J connectivity index is 2.16. The molecule has 112 valence electrons. The second-order valence-corrected chi connectivity index (χ2v) is 6.97. The van der Waals surface area contributed by atoms with Gasteiger partial charge in [0.15, 0.2) is 0 Å². The zero-order valence-corrected chi connectivity index (χ0v) is 13.4. The lowest BCUT2D eigenvalue weighted by molar-refractivity contribution is -0.137. The molecule has 0 radical (unpaired) electrons. The average molecular weight is 369 g/mol. The van der Waals surface area contributed by atoms with Gasteiger partial charge in [0.05, 0.1) is 5.56 Å². The fraction of sp³-hybridized carbons (Fsp3) is 0.615. The third kappa shape index (κ3) is 4.04. The van der Waals surface area contributed by atoms with Gasteiger partial charge in [-0.1, -0.05) is 6.42 Å². The molecule has 0 spiro atoms. The molecule has 0 bridgehead atoms. The maximum atomic E-state index is 13.0. The first-order chi connectivity index (χ1) is 9.40. The number of hydrogen-bond acceptors (Lipinski definition) is 3. The lowest BCUT2D eigenvalue weighted by Crippen LogP contribution is -2.30. The summed E-state index contributed by atoms with van der Waals surface area (Å²) >= 11 is 4.82. The van der Waals surface area contributed by atoms with E-state index in [0.29, 0.717) is 9.72 Å². The summed E-state index contributed by atoms with van der Waals surface area (Å²) in [5, 5.41) is 3.50. The SMILES string of the molecule is CSC1CCCC(Nc2ncc(Br)cc2C(F)(F)F)C1. The van der Waals surface area contributed by atoms with Gasteiger partial charge in [-0.05, 0) is 47.5 Å². The zero-order chi connectivity index (χ0) is 14.8. The van der Waals surface area contributed by atoms with Gasteiger partial charge in [-0.15, -0.1) is 0 Å². The van der Waals surface area contributed by atoms with Crippen LogP contribution in [0.15, 0.2) is 16.7 Å². The van der Waals surface area contributed by atoms with Crippen molar-refractivity contribution in [2.75, 3.05) is 11.6 Å². The molecule has 2 rings (SSSR count). The Bertz CT molecular complexity index is 467. The van der Waals surface area contributed by atoms with Crippen LogP contribution in [0.5, 0.6) is 0 Å². The van der Waals surface area contributed by atoms with E-state index < -0.39 is 11.7 Å². The van der Waals surface area contributed by atoms with Crippen molar-refractivity contribution in [3.63, 3.8) is 0 Å². The monoisotopic (exact) mass is 368 g/mol. The van der Waals surface area contributed by atoms with Crippen LogP contribution in [0.25, 0.3) is 0 Å². The number of pyridine rings is 1. The van der Waals surface area contributed by atoms with Gasteiger partial charge in [0, 0.05) is 22.0 Å². The number of alkyl halides is 3. The Morgan fingerprint density at radius 3 is 2.80 bits per heavy atom. The summed E-state index contributed by atoms with van der Waals surface area (Å²) in [5.74, 6) is -0.0625. The van der Waals surface area contributed by atoms with E-state index in [2.05, 4.69) is 26.2 Å². The number of thioether (sulfide) groups is 1. The van der Waals surface area contributed by atoms with Gasteiger partial charge in [0.2, 0.25) is 0 Å². The number of aromatic nitrogens is 1. The standard InChI is InChI=1S/C13H16BrF3N2S/c1-20-10-4-2-3-9(6-10)19-12-11(13(15,16)17)5-8(14)7-18-12/h5,7,9-10H,2-4,6H2,1H3,(H,18,19). The van der Waals surface area contributed by atoms with Crippen molar-refractivity contribution in [2.45, 2.75) is 43.2 Å². The van der Waals surface area contributed by atoms with Gasteiger partial charge in [-0.3, -0.25) is 0 Å². The lowest BCUT2D eigenvalue weighted by atomic mass is 9.95. The lowest BCUT2D eigenvalue weighted by Gasteiger charge is -2.29. The van der Waals surface area contributed by atoms with Gasteiger partial charge in [-0.25, -0.2) is 4.98 Å². The summed E-state index contributed by atoms with van der Waals surface area (Å²) in [4.78, 5) is 3.90. The highest BCUT2D eigenvalue weighted by Crippen LogP contribution is 2.37. The fourth-order valence-electron chi connectivity index (χ4n) is 2.45. The van der Waals surface area contributed by atoms with E-state index in [0.717, 1.165) is 31.7 Å². The molecule has 1 aromatic rings. The zero-order valence-electron chi connectivity index (χ0n) is 11.0. The molecule has 0 amide bonds. The molecule has 2 atom stereocenters. The number of nitrogens with zero attached hydrogens (tertiary/aromatic N) is 1. The molecular formula is C13H16BrF3N2S. The molecule has 1 fully saturated rings. The Morgan fingerprint density at radius 2 is 2.15 bits per heavy atom. The normalized spacial score (nSPS) is 23.6. The average Bonchev–Trinajstić information content (AvgIpc) is 2.40. The summed E-state index contributed by atoms with van der Waals surface area (Å²) in [6, 6.07) is 1.14. The fourth-order valence-corrected chi connectivity index (χ4v) is 3.61. The molecule has 2 unspecified atom stereocenters. The molecule has 1 aliphatic rings. The van der Waals surface area contributed by atoms with E-state index in [1.807, 2.05) is 6.26 Å².